The Morgan fingerprint density at radius 1 is 1.14 bits per heavy atom. The van der Waals surface area contributed by atoms with Gasteiger partial charge in [0.1, 0.15) is 11.5 Å². The van der Waals surface area contributed by atoms with Crippen LogP contribution in [0.25, 0.3) is 10.9 Å². The molecule has 1 aliphatic heterocycles. The van der Waals surface area contributed by atoms with Crippen LogP contribution in [-0.4, -0.2) is 45.1 Å². The molecule has 1 amide bonds. The van der Waals surface area contributed by atoms with E-state index in [1.165, 1.54) is 30.6 Å². The van der Waals surface area contributed by atoms with E-state index in [1.54, 1.807) is 4.90 Å². The maximum absolute atomic E-state index is 12.9. The molecule has 10 heteroatoms. The van der Waals surface area contributed by atoms with Gasteiger partial charge in [-0.2, -0.15) is 13.2 Å². The summed E-state index contributed by atoms with van der Waals surface area (Å²) in [6.07, 6.45) is -0.293. The zero-order valence-electron chi connectivity index (χ0n) is 14.6. The van der Waals surface area contributed by atoms with E-state index >= 15 is 0 Å². The molecule has 0 aromatic carbocycles. The van der Waals surface area contributed by atoms with Crippen LogP contribution in [0.4, 0.5) is 19.0 Å². The zero-order valence-corrected chi connectivity index (χ0v) is 14.6. The van der Waals surface area contributed by atoms with E-state index in [0.717, 1.165) is 6.07 Å². The summed E-state index contributed by atoms with van der Waals surface area (Å²) in [7, 11) is 0. The van der Waals surface area contributed by atoms with Gasteiger partial charge in [-0.3, -0.25) is 4.79 Å². The predicted molar refractivity (Wildman–Crippen MR) is 93.6 cm³/mol. The number of carbonyl (C=O) groups excluding carboxylic acids is 1. The quantitative estimate of drug-likeness (QED) is 0.737. The minimum atomic E-state index is -4.49. The molecule has 3 aromatic heterocycles. The molecule has 4 rings (SSSR count). The molecule has 0 radical (unpaired) electrons. The number of nitrogens with zero attached hydrogens (tertiary/aromatic N) is 4. The lowest BCUT2D eigenvalue weighted by molar-refractivity contribution is -0.140. The Hall–Kier alpha value is -3.17. The van der Waals surface area contributed by atoms with Gasteiger partial charge < -0.3 is 14.7 Å². The molecule has 1 aliphatic rings. The largest absolute Gasteiger partial charge is 0.433 e. The second-order valence-electron chi connectivity index (χ2n) is 6.51. The van der Waals surface area contributed by atoms with Crippen molar-refractivity contribution in [1.82, 2.24) is 20.0 Å². The number of alkyl halides is 3. The lowest BCUT2D eigenvalue weighted by Crippen LogP contribution is -2.42. The van der Waals surface area contributed by atoms with Gasteiger partial charge in [-0.1, -0.05) is 5.16 Å². The third-order valence-corrected chi connectivity index (χ3v) is 4.68. The van der Waals surface area contributed by atoms with Crippen LogP contribution in [0.1, 0.15) is 29.1 Å². The first-order valence-electron chi connectivity index (χ1n) is 8.71. The predicted octanol–water partition coefficient (Wildman–Crippen LogP) is 3.35. The van der Waals surface area contributed by atoms with Gasteiger partial charge in [0.25, 0.3) is 5.91 Å². The first-order chi connectivity index (χ1) is 13.4. The molecule has 4 heterocycles. The number of fused-ring (bicyclic) bond motifs is 1. The van der Waals surface area contributed by atoms with E-state index < -0.39 is 11.9 Å². The van der Waals surface area contributed by atoms with Crippen molar-refractivity contribution >= 4 is 22.6 Å². The highest BCUT2D eigenvalue weighted by molar-refractivity contribution is 5.91. The van der Waals surface area contributed by atoms with Crippen LogP contribution in [0.3, 0.4) is 0 Å². The Morgan fingerprint density at radius 3 is 2.61 bits per heavy atom. The number of hydrogen-bond acceptors (Lipinski definition) is 6. The molecule has 1 saturated heterocycles. The number of aromatic nitrogens is 3. The monoisotopic (exact) mass is 391 g/mol. The van der Waals surface area contributed by atoms with Gasteiger partial charge in [0.2, 0.25) is 5.76 Å². The standard InChI is InChI=1S/C18H16F3N5O2/c19-18(20,21)15-2-1-12-13(25-15)3-7-22-16(12)24-11-5-9-26(10-6-11)17(27)14-4-8-23-28-14/h1-4,7-8,11H,5-6,9-10H2,(H,22,24). The molecule has 0 bridgehead atoms. The Balaban J connectivity index is 1.45. The fraction of sp³-hybridized carbons (Fsp3) is 0.333. The minimum absolute atomic E-state index is 0.0409. The summed E-state index contributed by atoms with van der Waals surface area (Å²) in [6, 6.07) is 5.35. The van der Waals surface area contributed by atoms with E-state index in [9.17, 15) is 18.0 Å². The minimum Gasteiger partial charge on any atom is -0.367 e. The lowest BCUT2D eigenvalue weighted by Gasteiger charge is -2.32. The van der Waals surface area contributed by atoms with Crippen LogP contribution >= 0.6 is 0 Å². The average Bonchev–Trinajstić information content (AvgIpc) is 3.22. The maximum Gasteiger partial charge on any atom is 0.433 e. The van der Waals surface area contributed by atoms with Gasteiger partial charge >= 0.3 is 6.18 Å². The number of rotatable bonds is 3. The summed E-state index contributed by atoms with van der Waals surface area (Å²) in [5, 5.41) is 7.33. The fourth-order valence-corrected chi connectivity index (χ4v) is 3.23. The second-order valence-corrected chi connectivity index (χ2v) is 6.51. The van der Waals surface area contributed by atoms with Gasteiger partial charge in [0.15, 0.2) is 0 Å². The average molecular weight is 391 g/mol. The zero-order chi connectivity index (χ0) is 19.7. The van der Waals surface area contributed by atoms with Crippen molar-refractivity contribution in [2.45, 2.75) is 25.1 Å². The van der Waals surface area contributed by atoms with Crippen LogP contribution in [0.5, 0.6) is 0 Å². The molecule has 0 spiro atoms. The Kier molecular flexibility index (Phi) is 4.62. The maximum atomic E-state index is 12.9. The number of piperidine rings is 1. The second kappa shape index (κ2) is 7.10. The van der Waals surface area contributed by atoms with Crippen molar-refractivity contribution in [2.24, 2.45) is 0 Å². The SMILES string of the molecule is O=C(c1ccno1)N1CCC(Nc2nccc3nc(C(F)(F)F)ccc23)CC1. The third kappa shape index (κ3) is 3.62. The molecule has 3 aromatic rings. The fourth-order valence-electron chi connectivity index (χ4n) is 3.23. The molecule has 1 fully saturated rings. The highest BCUT2D eigenvalue weighted by atomic mass is 19.4. The van der Waals surface area contributed by atoms with E-state index in [4.69, 9.17) is 4.52 Å². The summed E-state index contributed by atoms with van der Waals surface area (Å²) in [6.45, 7) is 1.05. The van der Waals surface area contributed by atoms with Crippen LogP contribution < -0.4 is 5.32 Å². The number of carbonyl (C=O) groups is 1. The molecule has 0 aliphatic carbocycles. The molecule has 7 nitrogen and oxygen atoms in total. The highest BCUT2D eigenvalue weighted by Gasteiger charge is 2.32. The van der Waals surface area contributed by atoms with Gasteiger partial charge in [-0.05, 0) is 31.0 Å². The summed E-state index contributed by atoms with van der Waals surface area (Å²) >= 11 is 0. The molecule has 28 heavy (non-hydrogen) atoms. The summed E-state index contributed by atoms with van der Waals surface area (Å²) in [5.41, 5.74) is -0.707. The first-order valence-corrected chi connectivity index (χ1v) is 8.71. The van der Waals surface area contributed by atoms with E-state index in [0.29, 0.717) is 37.1 Å². The number of hydrogen-bond donors (Lipinski definition) is 1. The first kappa shape index (κ1) is 18.2. The van der Waals surface area contributed by atoms with Gasteiger partial charge in [-0.15, -0.1) is 0 Å². The van der Waals surface area contributed by atoms with Crippen LogP contribution in [0, 0.1) is 0 Å². The number of anilines is 1. The number of halogens is 3. The molecule has 0 saturated carbocycles. The summed E-state index contributed by atoms with van der Waals surface area (Å²) in [4.78, 5) is 21.9. The van der Waals surface area contributed by atoms with E-state index in [1.807, 2.05) is 0 Å². The smallest absolute Gasteiger partial charge is 0.367 e. The van der Waals surface area contributed by atoms with E-state index in [-0.39, 0.29) is 23.2 Å². The molecule has 0 atom stereocenters. The van der Waals surface area contributed by atoms with Gasteiger partial charge in [-0.25, -0.2) is 9.97 Å². The normalized spacial score (nSPS) is 15.8. The molecule has 1 N–H and O–H groups in total. The van der Waals surface area contributed by atoms with Crippen molar-refractivity contribution in [3.8, 4) is 0 Å². The molecule has 146 valence electrons. The third-order valence-electron chi connectivity index (χ3n) is 4.68. The van der Waals surface area contributed by atoms with E-state index in [2.05, 4.69) is 20.4 Å². The van der Waals surface area contributed by atoms with Crippen molar-refractivity contribution in [3.05, 3.63) is 48.1 Å². The Bertz CT molecular complexity index is 983. The van der Waals surface area contributed by atoms with Crippen molar-refractivity contribution < 1.29 is 22.5 Å². The topological polar surface area (TPSA) is 84.2 Å². The van der Waals surface area contributed by atoms with Crippen molar-refractivity contribution in [3.63, 3.8) is 0 Å². The van der Waals surface area contributed by atoms with Crippen molar-refractivity contribution in [1.29, 1.82) is 0 Å². The Labute approximate surface area is 157 Å². The van der Waals surface area contributed by atoms with Crippen LogP contribution in [-0.2, 0) is 6.18 Å². The number of pyridine rings is 2. The van der Waals surface area contributed by atoms with Gasteiger partial charge in [0, 0.05) is 36.8 Å². The number of amides is 1. The van der Waals surface area contributed by atoms with Gasteiger partial charge in [0.05, 0.1) is 11.7 Å². The van der Waals surface area contributed by atoms with Crippen molar-refractivity contribution in [2.75, 3.05) is 18.4 Å². The van der Waals surface area contributed by atoms with Crippen LogP contribution in [0.2, 0.25) is 0 Å². The lowest BCUT2D eigenvalue weighted by atomic mass is 10.0. The molecular formula is C18H16F3N5O2. The number of likely N-dealkylation sites (tertiary alicyclic amines) is 1. The molecule has 0 unspecified atom stereocenters. The molecular weight excluding hydrogens is 375 g/mol. The summed E-state index contributed by atoms with van der Waals surface area (Å²) < 4.78 is 43.5. The Morgan fingerprint density at radius 2 is 1.93 bits per heavy atom. The van der Waals surface area contributed by atoms with Crippen LogP contribution in [0.15, 0.2) is 41.2 Å². The summed E-state index contributed by atoms with van der Waals surface area (Å²) in [5.74, 6) is 0.482. The number of nitrogens with one attached hydrogen (secondary N) is 1. The highest BCUT2D eigenvalue weighted by Crippen LogP contribution is 2.30.